The van der Waals surface area contributed by atoms with Crippen LogP contribution in [-0.2, 0) is 44.6 Å². The number of amides is 2. The molecule has 3 aromatic carbocycles. The molecule has 3 saturated heterocycles. The van der Waals surface area contributed by atoms with Crippen LogP contribution in [0, 0.1) is 0 Å². The van der Waals surface area contributed by atoms with Gasteiger partial charge in [-0.1, -0.05) is 66.2 Å². The fraction of sp³-hybridized carbons (Fsp3) is 0.512. The predicted octanol–water partition coefficient (Wildman–Crippen LogP) is -4.86. The number of carboxylic acid groups (broad SMARTS) is 1. The van der Waals surface area contributed by atoms with Gasteiger partial charge in [0.25, 0.3) is 5.91 Å². The number of aliphatic hydroxyl groups excluding tert-OH is 7. The second-order valence-electron chi connectivity index (χ2n) is 15.6. The number of carbonyl (C=O) groups is 3. The van der Waals surface area contributed by atoms with Gasteiger partial charge in [0.15, 0.2) is 6.29 Å². The van der Waals surface area contributed by atoms with Crippen LogP contribution in [0.15, 0.2) is 78.9 Å². The van der Waals surface area contributed by atoms with Crippen molar-refractivity contribution in [3.8, 4) is 11.1 Å². The summed E-state index contributed by atoms with van der Waals surface area (Å²) in [6, 6.07) is 21.7. The van der Waals surface area contributed by atoms with Crippen molar-refractivity contribution in [3.63, 3.8) is 0 Å². The summed E-state index contributed by atoms with van der Waals surface area (Å²) in [5, 5.41) is 95.7. The average Bonchev–Trinajstić information content (AvgIpc) is 3.27. The fourth-order valence-electron chi connectivity index (χ4n) is 7.71. The second-order valence-corrected chi connectivity index (χ2v) is 16.1. The maximum Gasteiger partial charge on any atom is 1.00 e. The van der Waals surface area contributed by atoms with Crippen molar-refractivity contribution in [2.24, 2.45) is 0 Å². The molecule has 64 heavy (non-hydrogen) atoms. The van der Waals surface area contributed by atoms with E-state index in [0.29, 0.717) is 5.02 Å². The fourth-order valence-corrected chi connectivity index (χ4v) is 7.83. The molecule has 3 heterocycles. The zero-order chi connectivity index (χ0) is 45.4. The minimum atomic E-state index is -3.11. The van der Waals surface area contributed by atoms with Crippen molar-refractivity contribution >= 4 is 29.4 Å². The van der Waals surface area contributed by atoms with Gasteiger partial charge in [-0.3, -0.25) is 9.59 Å². The van der Waals surface area contributed by atoms with Gasteiger partial charge in [0.2, 0.25) is 11.7 Å². The molecule has 0 aromatic heterocycles. The number of aliphatic carboxylic acids is 1. The number of benzene rings is 3. The third kappa shape index (κ3) is 12.6. The first-order chi connectivity index (χ1) is 30.1. The smallest absolute Gasteiger partial charge is 0.544 e. The van der Waals surface area contributed by atoms with Crippen LogP contribution in [0.4, 0.5) is 0 Å². The molecule has 3 aliphatic heterocycles. The summed E-state index contributed by atoms with van der Waals surface area (Å²) in [6.07, 6.45) is -21.6. The van der Waals surface area contributed by atoms with Crippen molar-refractivity contribution in [1.29, 1.82) is 0 Å². The summed E-state index contributed by atoms with van der Waals surface area (Å²) in [5.74, 6) is -6.69. The monoisotopic (exact) mass is 926 g/mol. The topological polar surface area (TPSA) is 295 Å². The number of carboxylic acids is 1. The minimum Gasteiger partial charge on any atom is -0.544 e. The van der Waals surface area contributed by atoms with Crippen molar-refractivity contribution in [2.45, 2.75) is 112 Å². The van der Waals surface area contributed by atoms with E-state index in [9.17, 15) is 55.2 Å². The molecule has 9 N–H and O–H groups in total. The molecule has 0 saturated carbocycles. The molecule has 0 aliphatic carbocycles. The van der Waals surface area contributed by atoms with Gasteiger partial charge < -0.3 is 84.7 Å². The molecule has 2 amide bonds. The Morgan fingerprint density at radius 3 is 2.23 bits per heavy atom. The number of ether oxygens (including phenoxy) is 6. The predicted molar refractivity (Wildman–Crippen MR) is 216 cm³/mol. The number of hydrogen-bond acceptors (Lipinski definition) is 17. The van der Waals surface area contributed by atoms with E-state index in [1.54, 1.807) is 0 Å². The van der Waals surface area contributed by atoms with Crippen LogP contribution in [0.1, 0.15) is 35.7 Å². The van der Waals surface area contributed by atoms with Crippen molar-refractivity contribution in [2.75, 3.05) is 26.4 Å². The molecule has 3 aliphatic rings. The number of hydrogen-bond donors (Lipinski definition) is 9. The molecule has 6 rings (SSSR count). The summed E-state index contributed by atoms with van der Waals surface area (Å²) >= 11 is 5.88. The maximum atomic E-state index is 12.9. The average molecular weight is 927 g/mol. The zero-order valence-corrected chi connectivity index (χ0v) is 37.8. The van der Waals surface area contributed by atoms with Crippen LogP contribution in [0.3, 0.4) is 0 Å². The van der Waals surface area contributed by atoms with E-state index in [-0.39, 0.29) is 61.4 Å². The zero-order valence-electron chi connectivity index (χ0n) is 35.1. The van der Waals surface area contributed by atoms with Crippen LogP contribution in [0.5, 0.6) is 0 Å². The van der Waals surface area contributed by atoms with Crippen LogP contribution in [-0.4, -0.2) is 165 Å². The van der Waals surface area contributed by atoms with E-state index in [4.69, 9.17) is 40.0 Å². The van der Waals surface area contributed by atoms with Crippen molar-refractivity contribution < 1.29 is 113 Å². The van der Waals surface area contributed by atoms with Crippen molar-refractivity contribution in [1.82, 2.24) is 10.6 Å². The Labute approximate surface area is 395 Å². The Hall–Kier alpha value is -3.16. The Balaban J connectivity index is 0.00000771. The Morgan fingerprint density at radius 1 is 0.922 bits per heavy atom. The summed E-state index contributed by atoms with van der Waals surface area (Å²) in [6.45, 7) is -0.222. The first kappa shape index (κ1) is 51.8. The molecule has 21 heteroatoms. The van der Waals surface area contributed by atoms with Gasteiger partial charge in [-0.15, -0.1) is 0 Å². The Kier molecular flexibility index (Phi) is 19.0. The van der Waals surface area contributed by atoms with E-state index in [1.165, 1.54) is 24.3 Å². The number of nitrogens with one attached hydrogen (secondary N) is 2. The van der Waals surface area contributed by atoms with Gasteiger partial charge in [-0.25, -0.2) is 0 Å². The molecular weight excluding hydrogens is 875 g/mol. The minimum absolute atomic E-state index is 0. The second kappa shape index (κ2) is 23.5. The largest absolute Gasteiger partial charge is 1.00 e. The molecule has 3 aromatic rings. The van der Waals surface area contributed by atoms with Crippen LogP contribution in [0.25, 0.3) is 11.1 Å². The third-order valence-corrected chi connectivity index (χ3v) is 11.4. The number of halogens is 1. The molecule has 0 bridgehead atoms. The standard InChI is InChI=1S/C43H53ClN2O17.Na/c1-22(48)46-33-28(49)17-43(42(56)57,62-38(33)34(51)29(50)18-45-40(55)26-11-13-27(44)14-12-26)63-39-36(53)31(19-47)61-41(37(39)54)60-30-15-16-59-32(35(30)52)21-58-20-23-7-9-25(10-8-23)24-5-3-2-4-6-24;/h2-14,28-39,41,47,49-54H,15-21H2,1H3,(H,45,55)(H,46,48)(H,56,57);/q;+1/p-1/t28-,29+,30+,31+,32+,33+,34+,35+,36-,37+,38+,39-,41+,43-;/m0./s1. The summed E-state index contributed by atoms with van der Waals surface area (Å²) in [5.41, 5.74) is 3.12. The maximum absolute atomic E-state index is 12.9. The van der Waals surface area contributed by atoms with Crippen LogP contribution >= 0.6 is 11.6 Å². The van der Waals surface area contributed by atoms with Crippen LogP contribution in [0.2, 0.25) is 5.02 Å². The number of carbonyl (C=O) groups excluding carboxylic acids is 3. The van der Waals surface area contributed by atoms with E-state index in [0.717, 1.165) is 23.6 Å². The first-order valence-electron chi connectivity index (χ1n) is 20.3. The van der Waals surface area contributed by atoms with Gasteiger partial charge in [0, 0.05) is 37.1 Å². The first-order valence-corrected chi connectivity index (χ1v) is 20.7. The number of rotatable bonds is 17. The van der Waals surface area contributed by atoms with Gasteiger partial charge in [-0.2, -0.15) is 0 Å². The molecule has 344 valence electrons. The summed E-state index contributed by atoms with van der Waals surface area (Å²) in [7, 11) is 0. The third-order valence-electron chi connectivity index (χ3n) is 11.1. The van der Waals surface area contributed by atoms with Gasteiger partial charge in [-0.05, 0) is 47.4 Å². The van der Waals surface area contributed by atoms with Gasteiger partial charge >= 0.3 is 29.6 Å². The molecule has 3 fully saturated rings. The van der Waals surface area contributed by atoms with Gasteiger partial charge in [0.1, 0.15) is 54.8 Å². The normalized spacial score (nSPS) is 31.5. The number of aliphatic hydroxyl groups is 7. The van der Waals surface area contributed by atoms with Crippen molar-refractivity contribution in [3.05, 3.63) is 95.0 Å². The molecular formula is C43H52ClN2NaO17. The van der Waals surface area contributed by atoms with Gasteiger partial charge in [0.05, 0.1) is 44.2 Å². The van der Waals surface area contributed by atoms with E-state index >= 15 is 0 Å². The molecule has 0 unspecified atom stereocenters. The molecule has 14 atom stereocenters. The summed E-state index contributed by atoms with van der Waals surface area (Å²) in [4.78, 5) is 37.8. The Morgan fingerprint density at radius 2 is 1.59 bits per heavy atom. The van der Waals surface area contributed by atoms with E-state index in [2.05, 4.69) is 10.6 Å². The SMILES string of the molecule is CC(=O)N[C@H]1[C@H]([C@H](O)[C@H](O)CNC(=O)c2ccc(Cl)cc2)O[C@@](O[C@H]2[C@@H](O)[C@@H](CO)O[C@@H](O[C@@H]3CCO[C@H](COCc4ccc(-c5ccccc5)cc4)[C@@H]3O)[C@@H]2O)(C(=O)[O-])C[C@@H]1O.[Na+]. The van der Waals surface area contributed by atoms with Crippen LogP contribution < -0.4 is 45.3 Å². The molecule has 0 spiro atoms. The molecule has 19 nitrogen and oxygen atoms in total. The molecule has 0 radical (unpaired) electrons. The van der Waals surface area contributed by atoms with E-state index < -0.39 is 123 Å². The van der Waals surface area contributed by atoms with E-state index in [1.807, 2.05) is 54.6 Å². The Bertz CT molecular complexity index is 1970. The quantitative estimate of drug-likeness (QED) is 0.0574. The summed E-state index contributed by atoms with van der Waals surface area (Å²) < 4.78 is 34.8.